The van der Waals surface area contributed by atoms with Crippen LogP contribution in [0, 0.1) is 11.3 Å². The van der Waals surface area contributed by atoms with E-state index in [-0.39, 0.29) is 11.9 Å². The van der Waals surface area contributed by atoms with Crippen molar-refractivity contribution in [2.75, 3.05) is 31.5 Å². The molecule has 3 rings (SSSR count). The minimum atomic E-state index is -0.0860. The van der Waals surface area contributed by atoms with E-state index in [0.29, 0.717) is 10.6 Å². The third kappa shape index (κ3) is 5.30. The maximum atomic E-state index is 12.5. The van der Waals surface area contributed by atoms with Crippen LogP contribution < -0.4 is 15.1 Å². The number of nitrogens with zero attached hydrogens (tertiary/aromatic N) is 1. The molecule has 5 nitrogen and oxygen atoms in total. The highest BCUT2D eigenvalue weighted by Gasteiger charge is 2.31. The third-order valence-electron chi connectivity index (χ3n) is 5.25. The lowest BCUT2D eigenvalue weighted by atomic mass is 10.1. The molecule has 3 N–H and O–H groups in total. The first-order chi connectivity index (χ1) is 13.0. The number of hydrogen-bond acceptors (Lipinski definition) is 2. The number of amides is 1. The maximum absolute atomic E-state index is 12.5. The van der Waals surface area contributed by atoms with Gasteiger partial charge in [0, 0.05) is 16.3 Å². The van der Waals surface area contributed by atoms with E-state index in [1.165, 1.54) is 15.4 Å². The van der Waals surface area contributed by atoms with Crippen LogP contribution in [0.4, 0.5) is 5.69 Å². The predicted octanol–water partition coefficient (Wildman–Crippen LogP) is 0.522. The molecular formula is C21H25ClN4O+2. The molecule has 1 saturated heterocycles. The van der Waals surface area contributed by atoms with Gasteiger partial charge in [0.2, 0.25) is 0 Å². The Labute approximate surface area is 165 Å². The number of anilines is 1. The Hall–Kier alpha value is -2.39. The number of benzene rings is 2. The smallest absolute Gasteiger partial charge is 0.282 e. The molecule has 1 heterocycles. The molecule has 1 aliphatic rings. The van der Waals surface area contributed by atoms with E-state index < -0.39 is 0 Å². The van der Waals surface area contributed by atoms with Gasteiger partial charge in [-0.25, -0.2) is 0 Å². The number of halogens is 1. The minimum absolute atomic E-state index is 0.0443. The summed E-state index contributed by atoms with van der Waals surface area (Å²) in [5.41, 5.74) is 2.73. The summed E-state index contributed by atoms with van der Waals surface area (Å²) in [6.07, 6.45) is 0. The molecule has 0 aliphatic carbocycles. The minimum Gasteiger partial charge on any atom is -0.322 e. The first kappa shape index (κ1) is 19.4. The number of nitriles is 1. The van der Waals surface area contributed by atoms with Gasteiger partial charge < -0.3 is 15.1 Å². The van der Waals surface area contributed by atoms with Crippen LogP contribution in [-0.2, 0) is 11.3 Å². The largest absolute Gasteiger partial charge is 0.322 e. The van der Waals surface area contributed by atoms with E-state index >= 15 is 0 Å². The molecule has 1 aliphatic heterocycles. The Kier molecular flexibility index (Phi) is 6.46. The molecule has 0 bridgehead atoms. The molecule has 1 atom stereocenters. The zero-order chi connectivity index (χ0) is 19.2. The van der Waals surface area contributed by atoms with Crippen molar-refractivity contribution in [2.45, 2.75) is 19.5 Å². The lowest BCUT2D eigenvalue weighted by Gasteiger charge is -2.32. The average Bonchev–Trinajstić information content (AvgIpc) is 2.70. The molecule has 0 radical (unpaired) electrons. The van der Waals surface area contributed by atoms with Crippen molar-refractivity contribution in [1.82, 2.24) is 0 Å². The summed E-state index contributed by atoms with van der Waals surface area (Å²) in [7, 11) is 0. The van der Waals surface area contributed by atoms with E-state index in [2.05, 4.69) is 11.4 Å². The predicted molar refractivity (Wildman–Crippen MR) is 106 cm³/mol. The van der Waals surface area contributed by atoms with Crippen LogP contribution in [-0.4, -0.2) is 38.1 Å². The SMILES string of the molecule is C[C@H](C(=O)Nc1ccc(Cl)cc1)[NH+]1CC[NH+](Cc2ccc(C#N)cc2)CC1. The summed E-state index contributed by atoms with van der Waals surface area (Å²) in [6.45, 7) is 6.97. The van der Waals surface area contributed by atoms with Crippen molar-refractivity contribution < 1.29 is 14.6 Å². The fourth-order valence-electron chi connectivity index (χ4n) is 3.49. The number of quaternary nitrogens is 2. The molecule has 0 aromatic heterocycles. The van der Waals surface area contributed by atoms with Gasteiger partial charge in [-0.1, -0.05) is 23.7 Å². The molecule has 0 saturated carbocycles. The first-order valence-corrected chi connectivity index (χ1v) is 9.66. The maximum Gasteiger partial charge on any atom is 0.282 e. The van der Waals surface area contributed by atoms with Gasteiger partial charge >= 0.3 is 0 Å². The third-order valence-corrected chi connectivity index (χ3v) is 5.51. The summed E-state index contributed by atoms with van der Waals surface area (Å²) < 4.78 is 0. The molecule has 1 amide bonds. The molecule has 1 fully saturated rings. The molecular weight excluding hydrogens is 360 g/mol. The number of nitrogens with one attached hydrogen (secondary N) is 3. The Morgan fingerprint density at radius 1 is 1.11 bits per heavy atom. The number of piperazine rings is 1. The fourth-order valence-corrected chi connectivity index (χ4v) is 3.62. The van der Waals surface area contributed by atoms with Crippen LogP contribution in [0.2, 0.25) is 5.02 Å². The second-order valence-electron chi connectivity index (χ2n) is 7.11. The standard InChI is InChI=1S/C21H23ClN4O/c1-16(21(27)24-20-8-6-19(22)7-9-20)26-12-10-25(11-13-26)15-18-4-2-17(14-23)3-5-18/h2-9,16H,10-13,15H2,1H3,(H,24,27)/p+2/t16-/m1/s1. The summed E-state index contributed by atoms with van der Waals surface area (Å²) in [5, 5.41) is 12.5. The van der Waals surface area contributed by atoms with Crippen LogP contribution in [0.15, 0.2) is 48.5 Å². The molecule has 27 heavy (non-hydrogen) atoms. The molecule has 2 aromatic rings. The van der Waals surface area contributed by atoms with Crippen LogP contribution in [0.5, 0.6) is 0 Å². The highest BCUT2D eigenvalue weighted by molar-refractivity contribution is 6.30. The van der Waals surface area contributed by atoms with Crippen molar-refractivity contribution in [3.8, 4) is 6.07 Å². The molecule has 6 heteroatoms. The van der Waals surface area contributed by atoms with Crippen molar-refractivity contribution >= 4 is 23.2 Å². The summed E-state index contributed by atoms with van der Waals surface area (Å²) >= 11 is 5.89. The Bertz CT molecular complexity index is 806. The van der Waals surface area contributed by atoms with Gasteiger partial charge in [-0.2, -0.15) is 5.26 Å². The van der Waals surface area contributed by atoms with Crippen molar-refractivity contribution in [1.29, 1.82) is 5.26 Å². The average molecular weight is 385 g/mol. The van der Waals surface area contributed by atoms with Gasteiger partial charge in [0.05, 0.1) is 11.6 Å². The normalized spacial score (nSPS) is 20.5. The molecule has 2 aromatic carbocycles. The first-order valence-electron chi connectivity index (χ1n) is 9.29. The highest BCUT2D eigenvalue weighted by atomic mass is 35.5. The van der Waals surface area contributed by atoms with Crippen LogP contribution in [0.1, 0.15) is 18.1 Å². The second-order valence-corrected chi connectivity index (χ2v) is 7.55. The Balaban J connectivity index is 1.48. The van der Waals surface area contributed by atoms with Gasteiger partial charge in [-0.15, -0.1) is 0 Å². The van der Waals surface area contributed by atoms with E-state index in [1.807, 2.05) is 43.3 Å². The summed E-state index contributed by atoms with van der Waals surface area (Å²) in [6, 6.07) is 17.1. The van der Waals surface area contributed by atoms with Gasteiger partial charge in [0.25, 0.3) is 5.91 Å². The monoisotopic (exact) mass is 384 g/mol. The van der Waals surface area contributed by atoms with E-state index in [1.54, 1.807) is 12.1 Å². The van der Waals surface area contributed by atoms with Crippen LogP contribution in [0.3, 0.4) is 0 Å². The molecule has 0 unspecified atom stereocenters. The van der Waals surface area contributed by atoms with Crippen molar-refractivity contribution in [3.63, 3.8) is 0 Å². The highest BCUT2D eigenvalue weighted by Crippen LogP contribution is 2.13. The van der Waals surface area contributed by atoms with E-state index in [4.69, 9.17) is 16.9 Å². The van der Waals surface area contributed by atoms with Gasteiger partial charge in [-0.3, -0.25) is 4.79 Å². The van der Waals surface area contributed by atoms with Crippen LogP contribution >= 0.6 is 11.6 Å². The van der Waals surface area contributed by atoms with E-state index in [0.717, 1.165) is 38.4 Å². The number of hydrogen-bond donors (Lipinski definition) is 3. The van der Waals surface area contributed by atoms with Crippen molar-refractivity contribution in [3.05, 3.63) is 64.7 Å². The van der Waals surface area contributed by atoms with E-state index in [9.17, 15) is 4.79 Å². The van der Waals surface area contributed by atoms with Crippen molar-refractivity contribution in [2.24, 2.45) is 0 Å². The zero-order valence-electron chi connectivity index (χ0n) is 15.5. The second kappa shape index (κ2) is 9.01. The molecule has 140 valence electrons. The number of carbonyl (C=O) groups is 1. The quantitative estimate of drug-likeness (QED) is 0.704. The van der Waals surface area contributed by atoms with Gasteiger partial charge in [-0.05, 0) is 43.3 Å². The van der Waals surface area contributed by atoms with Gasteiger partial charge in [0.1, 0.15) is 32.7 Å². The number of carbonyl (C=O) groups excluding carboxylic acids is 1. The lowest BCUT2D eigenvalue weighted by molar-refractivity contribution is -1.02. The Morgan fingerprint density at radius 3 is 2.33 bits per heavy atom. The Morgan fingerprint density at radius 2 is 1.74 bits per heavy atom. The molecule has 0 spiro atoms. The van der Waals surface area contributed by atoms with Gasteiger partial charge in [0.15, 0.2) is 6.04 Å². The summed E-state index contributed by atoms with van der Waals surface area (Å²) in [4.78, 5) is 15.4. The lowest BCUT2D eigenvalue weighted by Crippen LogP contribution is -3.29. The number of rotatable bonds is 5. The topological polar surface area (TPSA) is 61.8 Å². The fraction of sp³-hybridized carbons (Fsp3) is 0.333. The van der Waals surface area contributed by atoms with Crippen LogP contribution in [0.25, 0.3) is 0 Å². The summed E-state index contributed by atoms with van der Waals surface area (Å²) in [5.74, 6) is 0.0443. The zero-order valence-corrected chi connectivity index (χ0v) is 16.2.